The van der Waals surface area contributed by atoms with E-state index in [0.717, 1.165) is 12.1 Å². The van der Waals surface area contributed by atoms with Gasteiger partial charge in [-0.3, -0.25) is 4.79 Å². The minimum atomic E-state index is -4.46. The van der Waals surface area contributed by atoms with Crippen LogP contribution in [0.3, 0.4) is 0 Å². The number of ether oxygens (including phenoxy) is 1. The number of rotatable bonds is 12. The highest BCUT2D eigenvalue weighted by atomic mass is 32.2. The molecule has 13 heteroatoms. The van der Waals surface area contributed by atoms with Gasteiger partial charge in [0.15, 0.2) is 9.84 Å². The fraction of sp³-hybridized carbons (Fsp3) is 0.412. The van der Waals surface area contributed by atoms with Gasteiger partial charge in [-0.05, 0) is 72.5 Å². The van der Waals surface area contributed by atoms with Crippen molar-refractivity contribution in [2.24, 2.45) is 0 Å². The maximum atomic E-state index is 14.0. The molecule has 0 aliphatic carbocycles. The Morgan fingerprint density at radius 1 is 0.979 bits per heavy atom. The van der Waals surface area contributed by atoms with Crippen LogP contribution in [0.5, 0.6) is 0 Å². The molecule has 1 aliphatic heterocycles. The first kappa shape index (κ1) is 35.8. The molecule has 1 unspecified atom stereocenters. The first-order valence-corrected chi connectivity index (χ1v) is 16.9. The molecule has 3 aromatic rings. The maximum absolute atomic E-state index is 14.0. The van der Waals surface area contributed by atoms with Crippen LogP contribution in [0.1, 0.15) is 78.5 Å². The van der Waals surface area contributed by atoms with Gasteiger partial charge in [-0.2, -0.15) is 27.2 Å². The molecule has 0 aromatic heterocycles. The summed E-state index contributed by atoms with van der Waals surface area (Å²) in [5.74, 6) is -0.716. The fourth-order valence-corrected chi connectivity index (χ4v) is 6.40. The number of carbonyl (C=O) groups is 1. The van der Waals surface area contributed by atoms with Gasteiger partial charge in [0.25, 0.3) is 5.91 Å². The number of hydrogen-bond acceptors (Lipinski definition) is 6. The highest BCUT2D eigenvalue weighted by molar-refractivity contribution is 7.91. The van der Waals surface area contributed by atoms with Crippen molar-refractivity contribution in [1.82, 2.24) is 5.32 Å². The average molecular weight is 678 g/mol. The molecule has 0 saturated carbocycles. The third kappa shape index (κ3) is 9.08. The average Bonchev–Trinajstić information content (AvgIpc) is 3.07. The first-order chi connectivity index (χ1) is 22.2. The number of piperidine rings is 1. The number of alkyl halides is 5. The van der Waals surface area contributed by atoms with Gasteiger partial charge in [0, 0.05) is 30.1 Å². The van der Waals surface area contributed by atoms with Crippen LogP contribution in [0.15, 0.2) is 77.7 Å². The van der Waals surface area contributed by atoms with Crippen LogP contribution < -0.4 is 10.2 Å². The molecule has 0 bridgehead atoms. The van der Waals surface area contributed by atoms with Crippen molar-refractivity contribution < 1.29 is 39.9 Å². The standard InChI is InChI=1S/C34H36F5N3O4S/c1-3-33(35,36)46-22-29-16-9-26(23-5-12-27(13-6-23)34(37,38)39)21-42(29)28-14-7-25(8-15-28)32(43)41-31(19-20-40)24-10-17-30(18-11-24)47(44,45)4-2/h5-8,10-15,17-18,26,29,31H,3-4,9,16,19,21-22H2,1-2H3,(H,41,43)/t26-,29-,31?/m1/s1. The minimum absolute atomic E-state index is 0.0626. The van der Waals surface area contributed by atoms with Crippen molar-refractivity contribution in [3.63, 3.8) is 0 Å². The van der Waals surface area contributed by atoms with Crippen molar-refractivity contribution in [2.45, 2.75) is 74.7 Å². The summed E-state index contributed by atoms with van der Waals surface area (Å²) < 4.78 is 96.6. The van der Waals surface area contributed by atoms with E-state index < -0.39 is 52.1 Å². The van der Waals surface area contributed by atoms with Crippen LogP contribution in [0.2, 0.25) is 0 Å². The molecule has 3 aromatic carbocycles. The third-order valence-electron chi connectivity index (χ3n) is 8.40. The molecule has 1 saturated heterocycles. The monoisotopic (exact) mass is 677 g/mol. The molecule has 47 heavy (non-hydrogen) atoms. The topological polar surface area (TPSA) is 99.5 Å². The van der Waals surface area contributed by atoms with E-state index in [1.807, 2.05) is 11.0 Å². The summed E-state index contributed by atoms with van der Waals surface area (Å²) >= 11 is 0. The van der Waals surface area contributed by atoms with Gasteiger partial charge >= 0.3 is 12.3 Å². The van der Waals surface area contributed by atoms with E-state index in [-0.39, 0.29) is 35.2 Å². The lowest BCUT2D eigenvalue weighted by Gasteiger charge is -2.42. The number of benzene rings is 3. The molecule has 1 aliphatic rings. The Balaban J connectivity index is 1.53. The minimum Gasteiger partial charge on any atom is -0.366 e. The van der Waals surface area contributed by atoms with E-state index in [2.05, 4.69) is 5.32 Å². The number of sulfone groups is 1. The van der Waals surface area contributed by atoms with Gasteiger partial charge in [0.05, 0.1) is 47.4 Å². The Morgan fingerprint density at radius 3 is 2.17 bits per heavy atom. The molecule has 7 nitrogen and oxygen atoms in total. The predicted molar refractivity (Wildman–Crippen MR) is 167 cm³/mol. The van der Waals surface area contributed by atoms with E-state index >= 15 is 0 Å². The Bertz CT molecular complexity index is 1660. The number of nitrogens with zero attached hydrogens (tertiary/aromatic N) is 2. The molecular weight excluding hydrogens is 641 g/mol. The summed E-state index contributed by atoms with van der Waals surface area (Å²) in [5.41, 5.74) is 1.38. The van der Waals surface area contributed by atoms with E-state index in [0.29, 0.717) is 36.2 Å². The van der Waals surface area contributed by atoms with Crippen molar-refractivity contribution in [3.05, 3.63) is 95.1 Å². The van der Waals surface area contributed by atoms with Crippen molar-refractivity contribution in [2.75, 3.05) is 23.8 Å². The summed E-state index contributed by atoms with van der Waals surface area (Å²) in [7, 11) is -3.42. The molecule has 252 valence electrons. The number of amides is 1. The quantitative estimate of drug-likeness (QED) is 0.198. The second-order valence-corrected chi connectivity index (χ2v) is 13.7. The zero-order chi connectivity index (χ0) is 34.4. The number of halogens is 5. The second-order valence-electron chi connectivity index (χ2n) is 11.4. The summed E-state index contributed by atoms with van der Waals surface area (Å²) in [5, 5.41) is 12.2. The Kier molecular flexibility index (Phi) is 11.3. The van der Waals surface area contributed by atoms with Gasteiger partial charge in [-0.25, -0.2) is 8.42 Å². The third-order valence-corrected chi connectivity index (χ3v) is 10.1. The van der Waals surface area contributed by atoms with Crippen LogP contribution >= 0.6 is 0 Å². The molecule has 3 atom stereocenters. The number of nitriles is 1. The van der Waals surface area contributed by atoms with E-state index in [4.69, 9.17) is 4.74 Å². The largest absolute Gasteiger partial charge is 0.416 e. The molecule has 1 amide bonds. The van der Waals surface area contributed by atoms with Gasteiger partial charge < -0.3 is 15.0 Å². The Hall–Kier alpha value is -4.02. The SMILES string of the molecule is CCC(F)(F)OC[C@H]1CC[C@@H](c2ccc(C(F)(F)F)cc2)CN1c1ccc(C(=O)NC(CC#N)c2ccc(S(=O)(=O)CC)cc2)cc1. The highest BCUT2D eigenvalue weighted by Gasteiger charge is 2.35. The Morgan fingerprint density at radius 2 is 1.62 bits per heavy atom. The molecule has 1 heterocycles. The molecular formula is C34H36F5N3O4S. The van der Waals surface area contributed by atoms with E-state index in [1.54, 1.807) is 36.4 Å². The van der Waals surface area contributed by atoms with Gasteiger partial charge in [-0.15, -0.1) is 0 Å². The van der Waals surface area contributed by atoms with Gasteiger partial charge in [0.1, 0.15) is 0 Å². The van der Waals surface area contributed by atoms with E-state index in [1.165, 1.54) is 38.1 Å². The van der Waals surface area contributed by atoms with Crippen LogP contribution in [0.4, 0.5) is 27.6 Å². The summed E-state index contributed by atoms with van der Waals surface area (Å²) in [4.78, 5) is 15.2. The first-order valence-electron chi connectivity index (χ1n) is 15.2. The van der Waals surface area contributed by atoms with Crippen molar-refractivity contribution in [3.8, 4) is 6.07 Å². The van der Waals surface area contributed by atoms with Crippen LogP contribution in [-0.4, -0.2) is 45.4 Å². The van der Waals surface area contributed by atoms with Gasteiger partial charge in [-0.1, -0.05) is 38.1 Å². The smallest absolute Gasteiger partial charge is 0.366 e. The van der Waals surface area contributed by atoms with Crippen LogP contribution in [0, 0.1) is 11.3 Å². The predicted octanol–water partition coefficient (Wildman–Crippen LogP) is 7.66. The van der Waals surface area contributed by atoms with Crippen molar-refractivity contribution in [1.29, 1.82) is 5.26 Å². The lowest BCUT2D eigenvalue weighted by atomic mass is 9.86. The number of hydrogen-bond donors (Lipinski definition) is 1. The second kappa shape index (κ2) is 14.8. The molecule has 4 rings (SSSR count). The molecule has 0 radical (unpaired) electrons. The highest BCUT2D eigenvalue weighted by Crippen LogP contribution is 2.36. The fourth-order valence-electron chi connectivity index (χ4n) is 5.52. The van der Waals surface area contributed by atoms with Crippen LogP contribution in [0.25, 0.3) is 0 Å². The summed E-state index contributed by atoms with van der Waals surface area (Å²) in [6, 6.07) is 18.3. The zero-order valence-electron chi connectivity index (χ0n) is 25.9. The number of carbonyl (C=O) groups excluding carboxylic acids is 1. The number of nitrogens with one attached hydrogen (secondary N) is 1. The maximum Gasteiger partial charge on any atom is 0.416 e. The van der Waals surface area contributed by atoms with Crippen LogP contribution in [-0.2, 0) is 20.8 Å². The van der Waals surface area contributed by atoms with E-state index in [9.17, 15) is 40.4 Å². The summed E-state index contributed by atoms with van der Waals surface area (Å²) in [6.07, 6.45) is -7.32. The normalized spacial score (nSPS) is 18.0. The Labute approximate surface area is 271 Å². The summed E-state index contributed by atoms with van der Waals surface area (Å²) in [6.45, 7) is 2.92. The lowest BCUT2D eigenvalue weighted by molar-refractivity contribution is -0.241. The zero-order valence-corrected chi connectivity index (χ0v) is 26.8. The van der Waals surface area contributed by atoms with Gasteiger partial charge in [0.2, 0.25) is 0 Å². The lowest BCUT2D eigenvalue weighted by Crippen LogP contribution is -2.46. The number of anilines is 1. The molecule has 0 spiro atoms. The molecule has 1 fully saturated rings. The van der Waals surface area contributed by atoms with Crippen molar-refractivity contribution >= 4 is 21.4 Å². The molecule has 1 N–H and O–H groups in total.